The molecule has 0 amide bonds. The molecule has 1 atom stereocenters. The predicted molar refractivity (Wildman–Crippen MR) is 52.1 cm³/mol. The Morgan fingerprint density at radius 1 is 1.36 bits per heavy atom. The Balaban J connectivity index is 3.28. The van der Waals surface area contributed by atoms with Gasteiger partial charge in [-0.1, -0.05) is 20.3 Å². The quantitative estimate of drug-likeness (QED) is 0.436. The monoisotopic (exact) mass is 174 g/mol. The summed E-state index contributed by atoms with van der Waals surface area (Å²) >= 11 is 1.89. The second-order valence-electron chi connectivity index (χ2n) is 2.76. The molecule has 0 radical (unpaired) electrons. The molecule has 0 saturated carbocycles. The number of hydrogen-bond donors (Lipinski definition) is 0. The molecule has 0 fully saturated rings. The summed E-state index contributed by atoms with van der Waals surface area (Å²) in [6, 6.07) is 0. The third-order valence-corrected chi connectivity index (χ3v) is 2.89. The van der Waals surface area contributed by atoms with Crippen LogP contribution in [-0.2, 0) is 4.79 Å². The van der Waals surface area contributed by atoms with Crippen molar-refractivity contribution < 1.29 is 4.79 Å². The van der Waals surface area contributed by atoms with E-state index in [4.69, 9.17) is 0 Å². The van der Waals surface area contributed by atoms with Crippen LogP contribution in [0, 0.1) is 5.92 Å². The van der Waals surface area contributed by atoms with Gasteiger partial charge in [-0.05, 0) is 18.6 Å². The van der Waals surface area contributed by atoms with Crippen molar-refractivity contribution in [2.24, 2.45) is 5.92 Å². The van der Waals surface area contributed by atoms with Gasteiger partial charge in [0.1, 0.15) is 6.29 Å². The lowest BCUT2D eigenvalue weighted by Crippen LogP contribution is -2.04. The molecule has 0 aliphatic carbocycles. The fraction of sp³-hybridized carbons (Fsp3) is 0.889. The summed E-state index contributed by atoms with van der Waals surface area (Å²) in [7, 11) is 0. The van der Waals surface area contributed by atoms with Gasteiger partial charge in [-0.3, -0.25) is 0 Å². The third kappa shape index (κ3) is 6.42. The standard InChI is InChI=1S/C9H18OS/c1-3-5-9(7-10)8-11-6-4-2/h7,9H,3-6,8H2,1-2H3. The van der Waals surface area contributed by atoms with Gasteiger partial charge < -0.3 is 4.79 Å². The number of rotatable bonds is 7. The Hall–Kier alpha value is 0.0200. The summed E-state index contributed by atoms with van der Waals surface area (Å²) in [5, 5.41) is 0. The number of thioether (sulfide) groups is 1. The predicted octanol–water partition coefficient (Wildman–Crippen LogP) is 2.74. The van der Waals surface area contributed by atoms with Gasteiger partial charge in [0.05, 0.1) is 0 Å². The van der Waals surface area contributed by atoms with Crippen LogP contribution < -0.4 is 0 Å². The average molecular weight is 174 g/mol. The van der Waals surface area contributed by atoms with Gasteiger partial charge in [-0.2, -0.15) is 11.8 Å². The van der Waals surface area contributed by atoms with Crippen molar-refractivity contribution in [3.05, 3.63) is 0 Å². The van der Waals surface area contributed by atoms with E-state index in [1.54, 1.807) is 0 Å². The van der Waals surface area contributed by atoms with E-state index in [0.29, 0.717) is 5.92 Å². The summed E-state index contributed by atoms with van der Waals surface area (Å²) in [4.78, 5) is 10.5. The van der Waals surface area contributed by atoms with Crippen molar-refractivity contribution in [1.82, 2.24) is 0 Å². The number of carbonyl (C=O) groups is 1. The molecule has 0 aromatic carbocycles. The van der Waals surface area contributed by atoms with Crippen molar-refractivity contribution in [1.29, 1.82) is 0 Å². The van der Waals surface area contributed by atoms with Gasteiger partial charge in [0.2, 0.25) is 0 Å². The van der Waals surface area contributed by atoms with Crippen LogP contribution in [0.25, 0.3) is 0 Å². The molecule has 0 spiro atoms. The molecule has 1 unspecified atom stereocenters. The first kappa shape index (κ1) is 11.0. The van der Waals surface area contributed by atoms with E-state index in [2.05, 4.69) is 13.8 Å². The first-order valence-corrected chi connectivity index (χ1v) is 5.53. The highest BCUT2D eigenvalue weighted by molar-refractivity contribution is 7.99. The van der Waals surface area contributed by atoms with Crippen molar-refractivity contribution in [3.8, 4) is 0 Å². The zero-order chi connectivity index (χ0) is 8.53. The van der Waals surface area contributed by atoms with Crippen molar-refractivity contribution in [2.45, 2.75) is 33.1 Å². The fourth-order valence-corrected chi connectivity index (χ4v) is 1.94. The van der Waals surface area contributed by atoms with Gasteiger partial charge in [0.25, 0.3) is 0 Å². The average Bonchev–Trinajstić information content (AvgIpc) is 2.03. The van der Waals surface area contributed by atoms with Crippen LogP contribution in [0.1, 0.15) is 33.1 Å². The summed E-state index contributed by atoms with van der Waals surface area (Å²) in [5.41, 5.74) is 0. The maximum Gasteiger partial charge on any atom is 0.123 e. The molecule has 0 heterocycles. The molecule has 0 aromatic heterocycles. The minimum absolute atomic E-state index is 0.302. The highest BCUT2D eigenvalue weighted by atomic mass is 32.2. The highest BCUT2D eigenvalue weighted by Gasteiger charge is 2.04. The Morgan fingerprint density at radius 2 is 2.09 bits per heavy atom. The zero-order valence-corrected chi connectivity index (χ0v) is 8.32. The van der Waals surface area contributed by atoms with E-state index in [1.165, 1.54) is 12.2 Å². The van der Waals surface area contributed by atoms with Crippen LogP contribution >= 0.6 is 11.8 Å². The van der Waals surface area contributed by atoms with Crippen LogP contribution in [0.2, 0.25) is 0 Å². The molecule has 66 valence electrons. The van der Waals surface area contributed by atoms with Crippen LogP contribution in [0.15, 0.2) is 0 Å². The van der Waals surface area contributed by atoms with Crippen LogP contribution in [0.5, 0.6) is 0 Å². The molecular weight excluding hydrogens is 156 g/mol. The smallest absolute Gasteiger partial charge is 0.123 e. The first-order chi connectivity index (χ1) is 5.35. The van der Waals surface area contributed by atoms with Gasteiger partial charge in [-0.25, -0.2) is 0 Å². The number of carbonyl (C=O) groups excluding carboxylic acids is 1. The normalized spacial score (nSPS) is 12.9. The molecule has 0 aliphatic heterocycles. The highest BCUT2D eigenvalue weighted by Crippen LogP contribution is 2.12. The largest absolute Gasteiger partial charge is 0.303 e. The number of hydrogen-bond acceptors (Lipinski definition) is 2. The Kier molecular flexibility index (Phi) is 8.13. The maximum absolute atomic E-state index is 10.5. The molecule has 0 aromatic rings. The minimum Gasteiger partial charge on any atom is -0.303 e. The molecule has 0 N–H and O–H groups in total. The van der Waals surface area contributed by atoms with Gasteiger partial charge >= 0.3 is 0 Å². The second kappa shape index (κ2) is 8.12. The number of aldehydes is 1. The SMILES string of the molecule is CCCSCC(C=O)CCC. The summed E-state index contributed by atoms with van der Waals surface area (Å²) in [6.45, 7) is 4.30. The van der Waals surface area contributed by atoms with Gasteiger partial charge in [0, 0.05) is 11.7 Å². The molecular formula is C9H18OS. The van der Waals surface area contributed by atoms with Crippen LogP contribution in [-0.4, -0.2) is 17.8 Å². The molecule has 0 saturated heterocycles. The van der Waals surface area contributed by atoms with E-state index in [9.17, 15) is 4.79 Å². The molecule has 0 rings (SSSR count). The summed E-state index contributed by atoms with van der Waals surface area (Å²) < 4.78 is 0. The lowest BCUT2D eigenvalue weighted by atomic mass is 10.1. The van der Waals surface area contributed by atoms with E-state index in [1.807, 2.05) is 11.8 Å². The Morgan fingerprint density at radius 3 is 2.55 bits per heavy atom. The molecule has 2 heteroatoms. The van der Waals surface area contributed by atoms with Gasteiger partial charge in [0.15, 0.2) is 0 Å². The van der Waals surface area contributed by atoms with E-state index in [-0.39, 0.29) is 0 Å². The van der Waals surface area contributed by atoms with Crippen LogP contribution in [0.3, 0.4) is 0 Å². The topological polar surface area (TPSA) is 17.1 Å². The van der Waals surface area contributed by atoms with E-state index in [0.717, 1.165) is 24.9 Å². The second-order valence-corrected chi connectivity index (χ2v) is 3.91. The Labute approximate surface area is 73.9 Å². The molecule has 0 aliphatic rings. The molecule has 11 heavy (non-hydrogen) atoms. The van der Waals surface area contributed by atoms with Crippen molar-refractivity contribution >= 4 is 18.0 Å². The lowest BCUT2D eigenvalue weighted by molar-refractivity contribution is -0.110. The minimum atomic E-state index is 0.302. The van der Waals surface area contributed by atoms with Crippen molar-refractivity contribution in [3.63, 3.8) is 0 Å². The maximum atomic E-state index is 10.5. The molecule has 0 bridgehead atoms. The fourth-order valence-electron chi connectivity index (χ4n) is 0.940. The molecule has 1 nitrogen and oxygen atoms in total. The lowest BCUT2D eigenvalue weighted by Gasteiger charge is -2.06. The summed E-state index contributed by atoms with van der Waals surface area (Å²) in [6.07, 6.45) is 4.49. The Bertz CT molecular complexity index is 93.6. The van der Waals surface area contributed by atoms with E-state index < -0.39 is 0 Å². The van der Waals surface area contributed by atoms with E-state index >= 15 is 0 Å². The summed E-state index contributed by atoms with van der Waals surface area (Å²) in [5.74, 6) is 2.51. The van der Waals surface area contributed by atoms with Gasteiger partial charge in [-0.15, -0.1) is 0 Å². The van der Waals surface area contributed by atoms with Crippen molar-refractivity contribution in [2.75, 3.05) is 11.5 Å². The van der Waals surface area contributed by atoms with Crippen LogP contribution in [0.4, 0.5) is 0 Å². The zero-order valence-electron chi connectivity index (χ0n) is 7.51. The first-order valence-electron chi connectivity index (χ1n) is 4.38. The third-order valence-electron chi connectivity index (χ3n) is 1.53.